The summed E-state index contributed by atoms with van der Waals surface area (Å²) in [6, 6.07) is 2.20. The summed E-state index contributed by atoms with van der Waals surface area (Å²) in [5, 5.41) is 0. The molecule has 1 rings (SSSR count). The summed E-state index contributed by atoms with van der Waals surface area (Å²) in [6.07, 6.45) is 3.46. The monoisotopic (exact) mass is 168 g/mol. The van der Waals surface area contributed by atoms with Crippen LogP contribution in [0.1, 0.15) is 27.7 Å². The van der Waals surface area contributed by atoms with Crippen molar-refractivity contribution in [3.63, 3.8) is 0 Å². The van der Waals surface area contributed by atoms with Crippen LogP contribution in [0.2, 0.25) is 0 Å². The van der Waals surface area contributed by atoms with Crippen molar-refractivity contribution in [3.8, 4) is 6.01 Å². The molecule has 12 heavy (non-hydrogen) atoms. The zero-order valence-electron chi connectivity index (χ0n) is 8.11. The zero-order valence-corrected chi connectivity index (χ0v) is 8.11. The van der Waals surface area contributed by atoms with Crippen LogP contribution in [0.15, 0.2) is 18.5 Å². The van der Waals surface area contributed by atoms with E-state index in [0.29, 0.717) is 6.01 Å². The van der Waals surface area contributed by atoms with E-state index in [1.807, 2.05) is 27.7 Å². The predicted octanol–water partition coefficient (Wildman–Crippen LogP) is 2.29. The van der Waals surface area contributed by atoms with Crippen molar-refractivity contribution in [2.45, 2.75) is 33.8 Å². The Bertz CT molecular complexity index is 187. The molecule has 0 N–H and O–H groups in total. The fraction of sp³-hybridized carbons (Fsp3) is 0.556. The van der Waals surface area contributed by atoms with Crippen LogP contribution < -0.4 is 4.74 Å². The summed E-state index contributed by atoms with van der Waals surface area (Å²) < 4.78 is 5.19. The van der Waals surface area contributed by atoms with E-state index in [0.717, 1.165) is 0 Å². The second-order valence-electron chi connectivity index (χ2n) is 2.20. The fourth-order valence-electron chi connectivity index (χ4n) is 0.557. The lowest BCUT2D eigenvalue weighted by Gasteiger charge is -2.05. The zero-order chi connectivity index (χ0) is 9.40. The lowest BCUT2D eigenvalue weighted by molar-refractivity contribution is 0.222. The Morgan fingerprint density at radius 3 is 2.08 bits per heavy atom. The van der Waals surface area contributed by atoms with Crippen molar-refractivity contribution in [3.05, 3.63) is 18.5 Å². The van der Waals surface area contributed by atoms with Gasteiger partial charge in [-0.3, -0.25) is 0 Å². The second-order valence-corrected chi connectivity index (χ2v) is 2.20. The average molecular weight is 168 g/mol. The number of hydrogen-bond acceptors (Lipinski definition) is 3. The van der Waals surface area contributed by atoms with Gasteiger partial charge in [0, 0.05) is 12.4 Å². The molecule has 0 aliphatic rings. The summed E-state index contributed by atoms with van der Waals surface area (Å²) in [6.45, 7) is 7.88. The van der Waals surface area contributed by atoms with Crippen LogP contribution in [0, 0.1) is 0 Å². The number of ether oxygens (including phenoxy) is 1. The van der Waals surface area contributed by atoms with E-state index in [4.69, 9.17) is 4.74 Å². The molecule has 3 heteroatoms. The Morgan fingerprint density at radius 1 is 1.17 bits per heavy atom. The highest BCUT2D eigenvalue weighted by atomic mass is 16.5. The molecule has 0 unspecified atom stereocenters. The molecule has 3 nitrogen and oxygen atoms in total. The molecule has 0 fully saturated rings. The van der Waals surface area contributed by atoms with Crippen LogP contribution in [0.5, 0.6) is 6.01 Å². The largest absolute Gasteiger partial charge is 0.461 e. The van der Waals surface area contributed by atoms with E-state index in [9.17, 15) is 0 Å². The highest BCUT2D eigenvalue weighted by Gasteiger charge is 1.96. The first-order chi connectivity index (χ1) is 5.79. The highest BCUT2D eigenvalue weighted by molar-refractivity contribution is 4.93. The molecule has 0 radical (unpaired) electrons. The van der Waals surface area contributed by atoms with Crippen LogP contribution in [-0.4, -0.2) is 16.1 Å². The van der Waals surface area contributed by atoms with Gasteiger partial charge in [-0.2, -0.15) is 0 Å². The second kappa shape index (κ2) is 6.58. The van der Waals surface area contributed by atoms with Crippen molar-refractivity contribution in [1.82, 2.24) is 9.97 Å². The van der Waals surface area contributed by atoms with Crippen LogP contribution in [0.3, 0.4) is 0 Å². The third-order valence-electron chi connectivity index (χ3n) is 0.883. The molecule has 0 saturated carbocycles. The van der Waals surface area contributed by atoms with E-state index >= 15 is 0 Å². The van der Waals surface area contributed by atoms with Crippen molar-refractivity contribution in [1.29, 1.82) is 0 Å². The summed E-state index contributed by atoms with van der Waals surface area (Å²) in [5.41, 5.74) is 0. The quantitative estimate of drug-likeness (QED) is 0.679. The Balaban J connectivity index is 0.000000561. The summed E-state index contributed by atoms with van der Waals surface area (Å²) in [5.74, 6) is 0. The fourth-order valence-corrected chi connectivity index (χ4v) is 0.557. The Hall–Kier alpha value is -1.12. The molecule has 0 spiro atoms. The van der Waals surface area contributed by atoms with Gasteiger partial charge < -0.3 is 4.74 Å². The summed E-state index contributed by atoms with van der Waals surface area (Å²) in [4.78, 5) is 7.77. The van der Waals surface area contributed by atoms with Gasteiger partial charge in [0.1, 0.15) is 0 Å². The number of rotatable bonds is 2. The van der Waals surface area contributed by atoms with Gasteiger partial charge in [0.25, 0.3) is 0 Å². The molecule has 1 aromatic heterocycles. The lowest BCUT2D eigenvalue weighted by atomic mass is 10.5. The van der Waals surface area contributed by atoms with E-state index < -0.39 is 0 Å². The first kappa shape index (κ1) is 10.9. The molecule has 1 aromatic rings. The Labute approximate surface area is 73.8 Å². The van der Waals surface area contributed by atoms with Crippen molar-refractivity contribution < 1.29 is 4.74 Å². The molecular formula is C9H16N2O. The molecule has 0 aliphatic carbocycles. The van der Waals surface area contributed by atoms with Crippen molar-refractivity contribution in [2.24, 2.45) is 0 Å². The van der Waals surface area contributed by atoms with E-state index in [-0.39, 0.29) is 6.10 Å². The molecule has 1 heterocycles. The van der Waals surface area contributed by atoms with Gasteiger partial charge in [0.15, 0.2) is 0 Å². The van der Waals surface area contributed by atoms with Crippen LogP contribution in [0.4, 0.5) is 0 Å². The Kier molecular flexibility index (Phi) is 5.97. The maximum atomic E-state index is 5.19. The molecule has 68 valence electrons. The smallest absolute Gasteiger partial charge is 0.316 e. The average Bonchev–Trinajstić information content (AvgIpc) is 2.08. The number of nitrogens with zero attached hydrogens (tertiary/aromatic N) is 2. The SMILES string of the molecule is CC.CC(C)Oc1ncccn1. The minimum Gasteiger partial charge on any atom is -0.461 e. The topological polar surface area (TPSA) is 35.0 Å². The molecule has 0 aliphatic heterocycles. The van der Waals surface area contributed by atoms with Crippen LogP contribution in [-0.2, 0) is 0 Å². The molecule has 0 saturated heterocycles. The first-order valence-electron chi connectivity index (χ1n) is 4.22. The molecule has 0 atom stereocenters. The first-order valence-corrected chi connectivity index (χ1v) is 4.22. The third-order valence-corrected chi connectivity index (χ3v) is 0.883. The van der Waals surface area contributed by atoms with Crippen LogP contribution >= 0.6 is 0 Å². The van der Waals surface area contributed by atoms with Gasteiger partial charge in [-0.15, -0.1) is 0 Å². The van der Waals surface area contributed by atoms with Gasteiger partial charge in [0.2, 0.25) is 0 Å². The molecule has 0 amide bonds. The van der Waals surface area contributed by atoms with Gasteiger partial charge in [0.05, 0.1) is 6.10 Å². The maximum Gasteiger partial charge on any atom is 0.316 e. The predicted molar refractivity (Wildman–Crippen MR) is 49.1 cm³/mol. The van der Waals surface area contributed by atoms with Gasteiger partial charge in [-0.25, -0.2) is 9.97 Å². The minimum atomic E-state index is 0.141. The normalized spacial score (nSPS) is 8.75. The Morgan fingerprint density at radius 2 is 1.67 bits per heavy atom. The van der Waals surface area contributed by atoms with Crippen molar-refractivity contribution in [2.75, 3.05) is 0 Å². The molecule has 0 bridgehead atoms. The third kappa shape index (κ3) is 4.66. The maximum absolute atomic E-state index is 5.19. The minimum absolute atomic E-state index is 0.141. The van der Waals surface area contributed by atoms with E-state index in [1.165, 1.54) is 0 Å². The molecule has 0 aromatic carbocycles. The summed E-state index contributed by atoms with van der Waals surface area (Å²) in [7, 11) is 0. The highest BCUT2D eigenvalue weighted by Crippen LogP contribution is 1.99. The van der Waals surface area contributed by atoms with Gasteiger partial charge in [-0.1, -0.05) is 13.8 Å². The van der Waals surface area contributed by atoms with Crippen molar-refractivity contribution >= 4 is 0 Å². The van der Waals surface area contributed by atoms with E-state index in [1.54, 1.807) is 18.5 Å². The standard InChI is InChI=1S/C7H10N2O.C2H6/c1-6(2)10-7-8-4-3-5-9-7;1-2/h3-6H,1-2H3;1-2H3. The van der Waals surface area contributed by atoms with Crippen LogP contribution in [0.25, 0.3) is 0 Å². The number of hydrogen-bond donors (Lipinski definition) is 0. The van der Waals surface area contributed by atoms with Gasteiger partial charge >= 0.3 is 6.01 Å². The van der Waals surface area contributed by atoms with Gasteiger partial charge in [-0.05, 0) is 19.9 Å². The molecular weight excluding hydrogens is 152 g/mol. The lowest BCUT2D eigenvalue weighted by Crippen LogP contribution is -2.07. The number of aromatic nitrogens is 2. The van der Waals surface area contributed by atoms with E-state index in [2.05, 4.69) is 9.97 Å². The summed E-state index contributed by atoms with van der Waals surface area (Å²) >= 11 is 0.